The predicted octanol–water partition coefficient (Wildman–Crippen LogP) is 3.55. The average molecular weight is 560 g/mol. The number of aliphatic hydroxyl groups excluding tert-OH is 1. The molecule has 0 unspecified atom stereocenters. The third-order valence-corrected chi connectivity index (χ3v) is 5.98. The van der Waals surface area contributed by atoms with Gasteiger partial charge in [-0.2, -0.15) is 0 Å². The van der Waals surface area contributed by atoms with Crippen molar-refractivity contribution in [1.82, 2.24) is 16.0 Å². The Balaban J connectivity index is 2.60. The number of hydrogen-bond donors (Lipinski definition) is 4. The van der Waals surface area contributed by atoms with Crippen LogP contribution in [0.5, 0.6) is 0 Å². The molecular formula is C30H45N3O7. The molecule has 4 N–H and O–H groups in total. The van der Waals surface area contributed by atoms with E-state index in [2.05, 4.69) is 29.1 Å². The fraction of sp³-hybridized carbons (Fsp3) is 0.533. The molecule has 10 nitrogen and oxygen atoms in total. The summed E-state index contributed by atoms with van der Waals surface area (Å²) in [6.45, 7) is 9.35. The van der Waals surface area contributed by atoms with Gasteiger partial charge in [0.25, 0.3) is 0 Å². The lowest BCUT2D eigenvalue weighted by Gasteiger charge is -2.23. The molecule has 1 rings (SSSR count). The first kappa shape index (κ1) is 34.4. The van der Waals surface area contributed by atoms with Gasteiger partial charge in [0.1, 0.15) is 13.2 Å². The highest BCUT2D eigenvalue weighted by Gasteiger charge is 2.24. The zero-order chi connectivity index (χ0) is 29.6. The van der Waals surface area contributed by atoms with Crippen LogP contribution in [0.2, 0.25) is 0 Å². The molecule has 0 saturated heterocycles. The summed E-state index contributed by atoms with van der Waals surface area (Å²) in [7, 11) is 0. The summed E-state index contributed by atoms with van der Waals surface area (Å²) in [5, 5.41) is 17.4. The summed E-state index contributed by atoms with van der Waals surface area (Å²) < 4.78 is 10.6. The standard InChI is InChI=1S/C30H45N3O7/c1-4-6-8-17-28(36)39-22-26(33-29(37)25(13-5-2)19-27(35)32-23(3)20-34)16-11-12-18-31-30(38)40-21-24-14-9-7-10-15-24/h4-5,7,9-10,14-15,23,25-26,34H,1-2,6,8,11-13,16-22H2,3H3,(H,31,38)(H,32,35)(H,33,37)/t23-,25+,26-/m0/s1. The Morgan fingerprint density at radius 1 is 1.00 bits per heavy atom. The minimum atomic E-state index is -0.657. The van der Waals surface area contributed by atoms with Gasteiger partial charge in [0.15, 0.2) is 0 Å². The van der Waals surface area contributed by atoms with Crippen molar-refractivity contribution in [3.63, 3.8) is 0 Å². The fourth-order valence-corrected chi connectivity index (χ4v) is 3.74. The second-order valence-corrected chi connectivity index (χ2v) is 9.63. The molecule has 1 aromatic rings. The van der Waals surface area contributed by atoms with Gasteiger partial charge < -0.3 is 30.5 Å². The van der Waals surface area contributed by atoms with Crippen molar-refractivity contribution in [2.45, 2.75) is 77.0 Å². The van der Waals surface area contributed by atoms with Crippen LogP contribution in [0.1, 0.15) is 63.9 Å². The molecule has 0 saturated carbocycles. The second-order valence-electron chi connectivity index (χ2n) is 9.63. The predicted molar refractivity (Wildman–Crippen MR) is 153 cm³/mol. The smallest absolute Gasteiger partial charge is 0.407 e. The molecule has 0 aliphatic heterocycles. The Hall–Kier alpha value is -3.66. The maximum absolute atomic E-state index is 13.0. The Morgan fingerprint density at radius 3 is 2.42 bits per heavy atom. The number of carbonyl (C=O) groups is 4. The molecule has 10 heteroatoms. The van der Waals surface area contributed by atoms with E-state index >= 15 is 0 Å². The largest absolute Gasteiger partial charge is 0.463 e. The van der Waals surface area contributed by atoms with Gasteiger partial charge in [-0.05, 0) is 51.0 Å². The van der Waals surface area contributed by atoms with Crippen molar-refractivity contribution in [2.75, 3.05) is 19.8 Å². The van der Waals surface area contributed by atoms with Gasteiger partial charge in [-0.1, -0.05) is 42.5 Å². The van der Waals surface area contributed by atoms with Crippen LogP contribution in [0.4, 0.5) is 4.79 Å². The van der Waals surface area contributed by atoms with Crippen LogP contribution in [0.25, 0.3) is 0 Å². The van der Waals surface area contributed by atoms with Crippen LogP contribution in [0.3, 0.4) is 0 Å². The summed E-state index contributed by atoms with van der Waals surface area (Å²) in [6.07, 6.45) is 6.37. The highest BCUT2D eigenvalue weighted by molar-refractivity contribution is 5.86. The van der Waals surface area contributed by atoms with E-state index in [9.17, 15) is 19.2 Å². The van der Waals surface area contributed by atoms with E-state index in [0.717, 1.165) is 5.56 Å². The molecule has 1 aromatic carbocycles. The number of aliphatic hydroxyl groups is 1. The number of ether oxygens (including phenoxy) is 2. The Labute approximate surface area is 237 Å². The second kappa shape index (κ2) is 21.2. The maximum atomic E-state index is 13.0. The molecule has 222 valence electrons. The number of allylic oxidation sites excluding steroid dienone is 2. The number of esters is 1. The van der Waals surface area contributed by atoms with E-state index in [1.165, 1.54) is 0 Å². The van der Waals surface area contributed by atoms with Gasteiger partial charge in [-0.15, -0.1) is 13.2 Å². The third kappa shape index (κ3) is 16.3. The molecular weight excluding hydrogens is 514 g/mol. The number of nitrogens with one attached hydrogen (secondary N) is 3. The first-order chi connectivity index (χ1) is 19.3. The summed E-state index contributed by atoms with van der Waals surface area (Å²) in [4.78, 5) is 49.4. The van der Waals surface area contributed by atoms with Crippen LogP contribution >= 0.6 is 0 Å². The molecule has 40 heavy (non-hydrogen) atoms. The van der Waals surface area contributed by atoms with Crippen LogP contribution in [0, 0.1) is 5.92 Å². The van der Waals surface area contributed by atoms with Crippen molar-refractivity contribution in [3.8, 4) is 0 Å². The summed E-state index contributed by atoms with van der Waals surface area (Å²) in [5.41, 5.74) is 0.894. The van der Waals surface area contributed by atoms with Crippen LogP contribution in [-0.2, 0) is 30.5 Å². The van der Waals surface area contributed by atoms with E-state index < -0.39 is 24.1 Å². The van der Waals surface area contributed by atoms with E-state index in [-0.39, 0.29) is 56.9 Å². The fourth-order valence-electron chi connectivity index (χ4n) is 3.74. The number of rotatable bonds is 21. The average Bonchev–Trinajstić information content (AvgIpc) is 2.94. The SMILES string of the molecule is C=CCCCC(=O)OC[C@H](CCCCNC(=O)OCc1ccccc1)NC(=O)[C@H](CC=C)CC(=O)N[C@@H](C)CO. The molecule has 0 fully saturated rings. The zero-order valence-electron chi connectivity index (χ0n) is 23.6. The van der Waals surface area contributed by atoms with E-state index in [1.54, 1.807) is 19.1 Å². The maximum Gasteiger partial charge on any atom is 0.407 e. The molecule has 3 amide bonds. The molecule has 0 spiro atoms. The molecule has 0 bridgehead atoms. The topological polar surface area (TPSA) is 143 Å². The number of benzene rings is 1. The van der Waals surface area contributed by atoms with Crippen molar-refractivity contribution >= 4 is 23.9 Å². The van der Waals surface area contributed by atoms with Gasteiger partial charge in [0.05, 0.1) is 18.6 Å². The Kier molecular flexibility index (Phi) is 18.2. The quantitative estimate of drug-likeness (QED) is 0.102. The summed E-state index contributed by atoms with van der Waals surface area (Å²) in [6, 6.07) is 8.49. The van der Waals surface area contributed by atoms with Crippen LogP contribution < -0.4 is 16.0 Å². The molecule has 0 aromatic heterocycles. The van der Waals surface area contributed by atoms with Gasteiger partial charge in [-0.3, -0.25) is 14.4 Å². The summed E-state index contributed by atoms with van der Waals surface area (Å²) >= 11 is 0. The number of amides is 3. The lowest BCUT2D eigenvalue weighted by atomic mass is 9.98. The Morgan fingerprint density at radius 2 is 1.75 bits per heavy atom. The van der Waals surface area contributed by atoms with E-state index in [0.29, 0.717) is 38.6 Å². The highest BCUT2D eigenvalue weighted by Crippen LogP contribution is 2.12. The normalized spacial score (nSPS) is 12.8. The molecule has 0 radical (unpaired) electrons. The highest BCUT2D eigenvalue weighted by atomic mass is 16.5. The number of unbranched alkanes of at least 4 members (excludes halogenated alkanes) is 2. The van der Waals surface area contributed by atoms with Crippen LogP contribution in [0.15, 0.2) is 55.6 Å². The van der Waals surface area contributed by atoms with Gasteiger partial charge in [0.2, 0.25) is 11.8 Å². The molecule has 0 heterocycles. The first-order valence-electron chi connectivity index (χ1n) is 13.8. The lowest BCUT2D eigenvalue weighted by molar-refractivity contribution is -0.145. The molecule has 0 aliphatic rings. The number of carbonyl (C=O) groups excluding carboxylic acids is 4. The van der Waals surface area contributed by atoms with Crippen molar-refractivity contribution in [1.29, 1.82) is 0 Å². The third-order valence-electron chi connectivity index (χ3n) is 5.98. The lowest BCUT2D eigenvalue weighted by Crippen LogP contribution is -2.44. The Bertz CT molecular complexity index is 923. The molecule has 3 atom stereocenters. The monoisotopic (exact) mass is 559 g/mol. The number of alkyl carbamates (subject to hydrolysis) is 1. The van der Waals surface area contributed by atoms with Crippen molar-refractivity contribution in [3.05, 3.63) is 61.2 Å². The van der Waals surface area contributed by atoms with Crippen molar-refractivity contribution in [2.24, 2.45) is 5.92 Å². The van der Waals surface area contributed by atoms with Gasteiger partial charge in [-0.25, -0.2) is 4.79 Å². The molecule has 0 aliphatic carbocycles. The van der Waals surface area contributed by atoms with E-state index in [4.69, 9.17) is 14.6 Å². The van der Waals surface area contributed by atoms with Gasteiger partial charge in [0, 0.05) is 25.4 Å². The summed E-state index contributed by atoms with van der Waals surface area (Å²) in [5.74, 6) is -1.71. The number of hydrogen-bond acceptors (Lipinski definition) is 7. The van der Waals surface area contributed by atoms with E-state index in [1.807, 2.05) is 30.3 Å². The first-order valence-corrected chi connectivity index (χ1v) is 13.8. The zero-order valence-corrected chi connectivity index (χ0v) is 23.6. The minimum Gasteiger partial charge on any atom is -0.463 e. The van der Waals surface area contributed by atoms with Crippen molar-refractivity contribution < 1.29 is 33.8 Å². The minimum absolute atomic E-state index is 0.000237. The van der Waals surface area contributed by atoms with Crippen LogP contribution in [-0.4, -0.2) is 60.8 Å². The van der Waals surface area contributed by atoms with Gasteiger partial charge >= 0.3 is 12.1 Å².